The van der Waals surface area contributed by atoms with Gasteiger partial charge in [0.15, 0.2) is 19.7 Å². The molecule has 3 aliphatic rings. The van der Waals surface area contributed by atoms with Gasteiger partial charge in [-0.05, 0) is 103 Å². The standard InChI is InChI=1S/C42H51N3O7Si/c1-23-28-21-26(49-9)17-18-27(28)34(44(5)6)29-19-25-20-30-35(45(7)8)37-33(40(43-51-37)50-22-24-15-13-12-14-16-24)39(48)42(30,52-53(10,11)41(2,3)4)38(47)32(25)36(46)31(23)29/h12-18,21,25,30,35,46H,19-20,22H2,1-11H3/t25-,30-,35-,42-/m0/s1. The van der Waals surface area contributed by atoms with Gasteiger partial charge in [-0.2, -0.15) is 0 Å². The summed E-state index contributed by atoms with van der Waals surface area (Å²) in [5.41, 5.74) is 2.75. The van der Waals surface area contributed by atoms with Gasteiger partial charge < -0.3 is 28.4 Å². The molecule has 11 heteroatoms. The molecule has 1 N–H and O–H groups in total. The molecule has 1 fully saturated rings. The van der Waals surface area contributed by atoms with Crippen molar-refractivity contribution in [2.24, 2.45) is 11.8 Å². The number of methoxy groups -OCH3 is 1. The number of aliphatic hydroxyl groups excluding tert-OH is 1. The normalized spacial score (nSPS) is 22.8. The molecule has 0 bridgehead atoms. The van der Waals surface area contributed by atoms with Crippen molar-refractivity contribution in [3.8, 4) is 11.6 Å². The molecular formula is C42H51N3O7Si. The van der Waals surface area contributed by atoms with Crippen LogP contribution in [0.5, 0.6) is 11.6 Å². The molecule has 1 saturated carbocycles. The number of anilines is 1. The van der Waals surface area contributed by atoms with Crippen LogP contribution in [0.1, 0.15) is 71.6 Å². The summed E-state index contributed by atoms with van der Waals surface area (Å²) in [6, 6.07) is 15.1. The Hall–Kier alpha value is -4.45. The Labute approximate surface area is 312 Å². The molecule has 3 aromatic carbocycles. The van der Waals surface area contributed by atoms with Crippen LogP contribution in [0.25, 0.3) is 16.5 Å². The van der Waals surface area contributed by atoms with Crippen LogP contribution in [0.15, 0.2) is 58.6 Å². The Morgan fingerprint density at radius 1 is 1.00 bits per heavy atom. The number of Topliss-reactive ketones (excluding diaryl/α,β-unsaturated/α-hetero) is 2. The van der Waals surface area contributed by atoms with E-state index in [-0.39, 0.29) is 40.3 Å². The van der Waals surface area contributed by atoms with Crippen molar-refractivity contribution in [3.05, 3.63) is 87.7 Å². The largest absolute Gasteiger partial charge is 0.507 e. The molecule has 0 unspecified atom stereocenters. The number of aromatic nitrogens is 1. The van der Waals surface area contributed by atoms with E-state index in [0.717, 1.165) is 33.2 Å². The van der Waals surface area contributed by atoms with Crippen LogP contribution in [0.4, 0.5) is 5.69 Å². The smallest absolute Gasteiger partial charge is 0.265 e. The van der Waals surface area contributed by atoms with Gasteiger partial charge in [0.2, 0.25) is 11.6 Å². The second-order valence-electron chi connectivity index (χ2n) is 16.8. The summed E-state index contributed by atoms with van der Waals surface area (Å²) in [7, 11) is 6.62. The summed E-state index contributed by atoms with van der Waals surface area (Å²) in [6.45, 7) is 12.5. The first kappa shape index (κ1) is 36.9. The number of ketones is 2. The maximum atomic E-state index is 15.8. The highest BCUT2D eigenvalue weighted by Crippen LogP contribution is 2.59. The maximum absolute atomic E-state index is 15.8. The first-order valence-electron chi connectivity index (χ1n) is 18.3. The third-order valence-electron chi connectivity index (χ3n) is 12.2. The highest BCUT2D eigenvalue weighted by molar-refractivity contribution is 6.74. The summed E-state index contributed by atoms with van der Waals surface area (Å²) >= 11 is 0. The molecule has 0 amide bonds. The average Bonchev–Trinajstić information content (AvgIpc) is 3.51. The Morgan fingerprint density at radius 2 is 1.70 bits per heavy atom. The van der Waals surface area contributed by atoms with Crippen LogP contribution in [0, 0.1) is 18.8 Å². The van der Waals surface area contributed by atoms with Gasteiger partial charge in [0.05, 0.1) is 13.2 Å². The lowest BCUT2D eigenvalue weighted by molar-refractivity contribution is -0.140. The fraction of sp³-hybridized carbons (Fsp3) is 0.452. The molecule has 3 aliphatic carbocycles. The molecule has 280 valence electrons. The molecule has 7 rings (SSSR count). The van der Waals surface area contributed by atoms with Crippen LogP contribution in [0.2, 0.25) is 18.1 Å². The van der Waals surface area contributed by atoms with Gasteiger partial charge >= 0.3 is 0 Å². The number of ether oxygens (including phenoxy) is 2. The van der Waals surface area contributed by atoms with E-state index in [4.69, 9.17) is 18.4 Å². The summed E-state index contributed by atoms with van der Waals surface area (Å²) in [6.07, 6.45) is 0.910. The molecule has 4 atom stereocenters. The number of hydrogen-bond donors (Lipinski definition) is 1. The lowest BCUT2D eigenvalue weighted by Gasteiger charge is -2.55. The lowest BCUT2D eigenvalue weighted by Crippen LogP contribution is -2.68. The Bertz CT molecular complexity index is 2160. The van der Waals surface area contributed by atoms with Crippen molar-refractivity contribution in [3.63, 3.8) is 0 Å². The predicted molar refractivity (Wildman–Crippen MR) is 208 cm³/mol. The van der Waals surface area contributed by atoms with Crippen LogP contribution in [-0.2, 0) is 22.2 Å². The average molecular weight is 738 g/mol. The molecule has 0 spiro atoms. The third kappa shape index (κ3) is 5.53. The SMILES string of the molecule is COc1ccc2c(N(C)C)c3c(c(C)c2c1)C(O)=C1C(=O)[C@]2(O[Si](C)(C)C(C)(C)C)C(=O)c4c(OCc5ccccc5)noc4[C@@H](N(C)C)[C@@H]2C[C@@H]1C3. The molecule has 4 aromatic rings. The molecular weight excluding hydrogens is 687 g/mol. The van der Waals surface area contributed by atoms with Crippen molar-refractivity contribution in [2.75, 3.05) is 40.2 Å². The molecule has 0 aliphatic heterocycles. The Balaban J connectivity index is 1.47. The minimum Gasteiger partial charge on any atom is -0.507 e. The number of hydrogen-bond acceptors (Lipinski definition) is 10. The van der Waals surface area contributed by atoms with Crippen molar-refractivity contribution in [1.82, 2.24) is 10.1 Å². The van der Waals surface area contributed by atoms with E-state index in [2.05, 4.69) is 50.0 Å². The zero-order valence-corrected chi connectivity index (χ0v) is 33.7. The lowest BCUT2D eigenvalue weighted by atomic mass is 9.57. The van der Waals surface area contributed by atoms with Gasteiger partial charge in [0.25, 0.3) is 5.88 Å². The van der Waals surface area contributed by atoms with Crippen molar-refractivity contribution < 1.29 is 33.1 Å². The van der Waals surface area contributed by atoms with Gasteiger partial charge in [0, 0.05) is 42.2 Å². The topological polar surface area (TPSA) is 115 Å². The number of aliphatic hydroxyl groups is 1. The fourth-order valence-corrected chi connectivity index (χ4v) is 10.1. The second kappa shape index (κ2) is 12.8. The van der Waals surface area contributed by atoms with E-state index in [1.165, 1.54) is 0 Å². The summed E-state index contributed by atoms with van der Waals surface area (Å²) in [4.78, 5) is 35.3. The number of nitrogens with zero attached hydrogens (tertiary/aromatic N) is 3. The van der Waals surface area contributed by atoms with E-state index in [0.29, 0.717) is 29.9 Å². The molecule has 53 heavy (non-hydrogen) atoms. The zero-order chi connectivity index (χ0) is 38.4. The minimum absolute atomic E-state index is 0.0337. The van der Waals surface area contributed by atoms with E-state index in [1.807, 2.05) is 82.5 Å². The van der Waals surface area contributed by atoms with Crippen LogP contribution in [0.3, 0.4) is 0 Å². The quantitative estimate of drug-likeness (QED) is 0.141. The molecule has 10 nitrogen and oxygen atoms in total. The first-order chi connectivity index (χ1) is 24.9. The van der Waals surface area contributed by atoms with Gasteiger partial charge in [-0.3, -0.25) is 14.5 Å². The fourth-order valence-electron chi connectivity index (χ4n) is 8.68. The van der Waals surface area contributed by atoms with Gasteiger partial charge in [-0.15, -0.1) is 0 Å². The van der Waals surface area contributed by atoms with E-state index >= 15 is 9.59 Å². The minimum atomic E-state index is -2.86. The summed E-state index contributed by atoms with van der Waals surface area (Å²) in [5, 5.41) is 18.4. The highest BCUT2D eigenvalue weighted by Gasteiger charge is 2.69. The van der Waals surface area contributed by atoms with E-state index < -0.39 is 37.4 Å². The van der Waals surface area contributed by atoms with E-state index in [9.17, 15) is 5.11 Å². The molecule has 0 radical (unpaired) electrons. The number of fused-ring (bicyclic) bond motifs is 5. The molecule has 1 heterocycles. The van der Waals surface area contributed by atoms with Crippen molar-refractivity contribution >= 4 is 42.1 Å². The number of rotatable bonds is 8. The maximum Gasteiger partial charge on any atom is 0.265 e. The monoisotopic (exact) mass is 737 g/mol. The van der Waals surface area contributed by atoms with E-state index in [1.54, 1.807) is 7.11 Å². The van der Waals surface area contributed by atoms with Crippen molar-refractivity contribution in [2.45, 2.75) is 76.9 Å². The number of carbonyl (C=O) groups excluding carboxylic acids is 2. The van der Waals surface area contributed by atoms with Gasteiger partial charge in [-0.25, -0.2) is 0 Å². The van der Waals surface area contributed by atoms with Crippen LogP contribution < -0.4 is 14.4 Å². The molecule has 0 saturated heterocycles. The zero-order valence-electron chi connectivity index (χ0n) is 32.7. The second-order valence-corrected chi connectivity index (χ2v) is 21.5. The van der Waals surface area contributed by atoms with Gasteiger partial charge in [0.1, 0.15) is 23.7 Å². The van der Waals surface area contributed by atoms with Crippen molar-refractivity contribution in [1.29, 1.82) is 0 Å². The summed E-state index contributed by atoms with van der Waals surface area (Å²) < 4.78 is 25.1. The van der Waals surface area contributed by atoms with Crippen LogP contribution >= 0.6 is 0 Å². The third-order valence-corrected chi connectivity index (χ3v) is 16.6. The Morgan fingerprint density at radius 3 is 2.32 bits per heavy atom. The number of carbonyl (C=O) groups is 2. The molecule has 1 aromatic heterocycles. The van der Waals surface area contributed by atoms with Crippen LogP contribution in [-0.4, -0.2) is 75.9 Å². The number of aryl methyl sites for hydroxylation is 1. The highest BCUT2D eigenvalue weighted by atomic mass is 28.4. The predicted octanol–water partition coefficient (Wildman–Crippen LogP) is 8.08. The van der Waals surface area contributed by atoms with Gasteiger partial charge in [-0.1, -0.05) is 51.1 Å². The first-order valence-corrected chi connectivity index (χ1v) is 21.2. The Kier molecular flexibility index (Phi) is 8.94. The summed E-state index contributed by atoms with van der Waals surface area (Å²) in [5.74, 6) is -1.01. The number of benzene rings is 3.